The molecule has 0 unspecified atom stereocenters. The summed E-state index contributed by atoms with van der Waals surface area (Å²) in [6, 6.07) is 12.4. The monoisotopic (exact) mass is 283 g/mol. The van der Waals surface area contributed by atoms with E-state index in [-0.39, 0.29) is 11.6 Å². The summed E-state index contributed by atoms with van der Waals surface area (Å²) in [7, 11) is 0. The van der Waals surface area contributed by atoms with Gasteiger partial charge in [0.15, 0.2) is 11.6 Å². The molecule has 0 spiro atoms. The van der Waals surface area contributed by atoms with Crippen LogP contribution in [0.15, 0.2) is 47.4 Å². The summed E-state index contributed by atoms with van der Waals surface area (Å²) >= 11 is 1.52. The van der Waals surface area contributed by atoms with Gasteiger partial charge in [0.25, 0.3) is 0 Å². The number of carbonyl (C=O) groups excluding carboxylic acids is 2. The van der Waals surface area contributed by atoms with E-state index in [0.29, 0.717) is 28.8 Å². The number of rotatable bonds is 3. The molecule has 0 heterocycles. The summed E-state index contributed by atoms with van der Waals surface area (Å²) in [5.74, 6) is 0.570. The Kier molecular flexibility index (Phi) is 3.42. The Hall–Kier alpha value is -1.91. The van der Waals surface area contributed by atoms with E-state index in [1.54, 1.807) is 30.3 Å². The first-order valence-electron chi connectivity index (χ1n) is 6.38. The molecule has 4 heteroatoms. The van der Waals surface area contributed by atoms with Crippen molar-refractivity contribution in [3.8, 4) is 0 Å². The van der Waals surface area contributed by atoms with Gasteiger partial charge in [0.2, 0.25) is 0 Å². The number of carbonyl (C=O) groups is 2. The van der Waals surface area contributed by atoms with E-state index in [9.17, 15) is 9.59 Å². The Labute approximate surface area is 121 Å². The number of benzene rings is 2. The maximum Gasteiger partial charge on any atom is 0.195 e. The van der Waals surface area contributed by atoms with Crippen molar-refractivity contribution in [1.82, 2.24) is 0 Å². The van der Waals surface area contributed by atoms with Crippen molar-refractivity contribution in [1.29, 1.82) is 0 Å². The lowest BCUT2D eigenvalue weighted by atomic mass is 9.84. The molecule has 1 aliphatic carbocycles. The zero-order chi connectivity index (χ0) is 14.1. The van der Waals surface area contributed by atoms with Crippen molar-refractivity contribution in [2.75, 3.05) is 12.3 Å². The van der Waals surface area contributed by atoms with Crippen LogP contribution in [0.25, 0.3) is 0 Å². The predicted molar refractivity (Wildman–Crippen MR) is 79.5 cm³/mol. The Morgan fingerprint density at radius 2 is 1.50 bits per heavy atom. The third kappa shape index (κ3) is 1.97. The maximum absolute atomic E-state index is 12.6. The molecule has 3 rings (SSSR count). The average molecular weight is 283 g/mol. The molecule has 2 N–H and O–H groups in total. The van der Waals surface area contributed by atoms with Crippen LogP contribution in [0, 0.1) is 0 Å². The van der Waals surface area contributed by atoms with E-state index >= 15 is 0 Å². The first-order valence-corrected chi connectivity index (χ1v) is 7.37. The molecule has 100 valence electrons. The van der Waals surface area contributed by atoms with Gasteiger partial charge >= 0.3 is 0 Å². The molecule has 0 aliphatic heterocycles. The Balaban J connectivity index is 2.18. The lowest BCUT2D eigenvalue weighted by Crippen LogP contribution is -2.21. The molecule has 0 atom stereocenters. The zero-order valence-corrected chi connectivity index (χ0v) is 11.6. The predicted octanol–water partition coefficient (Wildman–Crippen LogP) is 2.51. The third-order valence-corrected chi connectivity index (χ3v) is 4.38. The van der Waals surface area contributed by atoms with E-state index in [1.807, 2.05) is 12.1 Å². The van der Waals surface area contributed by atoms with Crippen molar-refractivity contribution in [2.24, 2.45) is 5.73 Å². The number of fused-ring (bicyclic) bond motifs is 2. The van der Waals surface area contributed by atoms with Crippen LogP contribution in [0.5, 0.6) is 0 Å². The highest BCUT2D eigenvalue weighted by Gasteiger charge is 2.31. The van der Waals surface area contributed by atoms with Crippen LogP contribution in [-0.2, 0) is 0 Å². The highest BCUT2D eigenvalue weighted by molar-refractivity contribution is 7.99. The van der Waals surface area contributed by atoms with Gasteiger partial charge in [-0.1, -0.05) is 36.4 Å². The van der Waals surface area contributed by atoms with Crippen LogP contribution < -0.4 is 5.73 Å². The molecule has 0 amide bonds. The smallest absolute Gasteiger partial charge is 0.195 e. The molecule has 1 aliphatic rings. The van der Waals surface area contributed by atoms with Crippen molar-refractivity contribution < 1.29 is 9.59 Å². The molecule has 0 bridgehead atoms. The second kappa shape index (κ2) is 5.23. The second-order valence-electron chi connectivity index (χ2n) is 4.52. The highest BCUT2D eigenvalue weighted by Crippen LogP contribution is 2.33. The average Bonchev–Trinajstić information content (AvgIpc) is 2.50. The lowest BCUT2D eigenvalue weighted by molar-refractivity contribution is 0.0977. The summed E-state index contributed by atoms with van der Waals surface area (Å²) < 4.78 is 0. The standard InChI is InChI=1S/C16H13NO2S/c17-8-9-20-13-7-3-6-12-14(13)16(19)11-5-2-1-4-10(11)15(12)18/h1-7H,8-9,17H2. The van der Waals surface area contributed by atoms with Crippen LogP contribution in [0.2, 0.25) is 0 Å². The molecular weight excluding hydrogens is 270 g/mol. The first-order chi connectivity index (χ1) is 9.74. The van der Waals surface area contributed by atoms with E-state index in [0.717, 1.165) is 10.6 Å². The highest BCUT2D eigenvalue weighted by atomic mass is 32.2. The van der Waals surface area contributed by atoms with Gasteiger partial charge in [0.1, 0.15) is 0 Å². The summed E-state index contributed by atoms with van der Waals surface area (Å²) in [6.07, 6.45) is 0. The van der Waals surface area contributed by atoms with Gasteiger partial charge in [0, 0.05) is 39.4 Å². The van der Waals surface area contributed by atoms with Crippen LogP contribution in [0.1, 0.15) is 31.8 Å². The minimum Gasteiger partial charge on any atom is -0.330 e. The second-order valence-corrected chi connectivity index (χ2v) is 5.66. The van der Waals surface area contributed by atoms with Crippen molar-refractivity contribution in [2.45, 2.75) is 4.90 Å². The molecule has 0 saturated heterocycles. The van der Waals surface area contributed by atoms with Crippen LogP contribution in [0.4, 0.5) is 0 Å². The topological polar surface area (TPSA) is 60.2 Å². The fourth-order valence-corrected chi connectivity index (χ4v) is 3.26. The summed E-state index contributed by atoms with van der Waals surface area (Å²) in [5.41, 5.74) is 7.52. The van der Waals surface area contributed by atoms with E-state index in [4.69, 9.17) is 5.73 Å². The van der Waals surface area contributed by atoms with E-state index < -0.39 is 0 Å². The molecular formula is C16H13NO2S. The maximum atomic E-state index is 12.6. The quantitative estimate of drug-likeness (QED) is 0.750. The van der Waals surface area contributed by atoms with Gasteiger partial charge in [-0.15, -0.1) is 11.8 Å². The number of nitrogens with two attached hydrogens (primary N) is 1. The molecule has 0 radical (unpaired) electrons. The summed E-state index contributed by atoms with van der Waals surface area (Å²) in [5, 5.41) is 0. The van der Waals surface area contributed by atoms with E-state index in [1.165, 1.54) is 11.8 Å². The largest absolute Gasteiger partial charge is 0.330 e. The molecule has 0 saturated carbocycles. The lowest BCUT2D eigenvalue weighted by Gasteiger charge is -2.19. The fraction of sp³-hybridized carbons (Fsp3) is 0.125. The van der Waals surface area contributed by atoms with Crippen LogP contribution in [-0.4, -0.2) is 23.9 Å². The Morgan fingerprint density at radius 1 is 0.850 bits per heavy atom. The van der Waals surface area contributed by atoms with Gasteiger partial charge in [-0.2, -0.15) is 0 Å². The van der Waals surface area contributed by atoms with Crippen molar-refractivity contribution in [3.05, 3.63) is 64.7 Å². The minimum absolute atomic E-state index is 0.0738. The number of hydrogen-bond donors (Lipinski definition) is 1. The molecule has 20 heavy (non-hydrogen) atoms. The van der Waals surface area contributed by atoms with Crippen LogP contribution >= 0.6 is 11.8 Å². The van der Waals surface area contributed by atoms with Crippen molar-refractivity contribution in [3.63, 3.8) is 0 Å². The third-order valence-electron chi connectivity index (χ3n) is 3.29. The zero-order valence-electron chi connectivity index (χ0n) is 10.8. The van der Waals surface area contributed by atoms with Gasteiger partial charge in [-0.3, -0.25) is 9.59 Å². The molecule has 3 nitrogen and oxygen atoms in total. The number of thioether (sulfide) groups is 1. The SMILES string of the molecule is NCCSc1cccc2c1C(=O)c1ccccc1C2=O. The Bertz CT molecular complexity index is 709. The minimum atomic E-state index is -0.0783. The molecule has 2 aromatic rings. The summed E-state index contributed by atoms with van der Waals surface area (Å²) in [6.45, 7) is 0.535. The van der Waals surface area contributed by atoms with Crippen LogP contribution in [0.3, 0.4) is 0 Å². The molecule has 0 fully saturated rings. The number of hydrogen-bond acceptors (Lipinski definition) is 4. The van der Waals surface area contributed by atoms with Gasteiger partial charge in [-0.25, -0.2) is 0 Å². The van der Waals surface area contributed by atoms with Gasteiger partial charge < -0.3 is 5.73 Å². The van der Waals surface area contributed by atoms with Gasteiger partial charge in [0.05, 0.1) is 0 Å². The first kappa shape index (κ1) is 13.1. The fourth-order valence-electron chi connectivity index (χ4n) is 2.40. The normalized spacial score (nSPS) is 13.1. The Morgan fingerprint density at radius 3 is 2.20 bits per heavy atom. The molecule has 0 aromatic heterocycles. The van der Waals surface area contributed by atoms with Gasteiger partial charge in [-0.05, 0) is 6.07 Å². The van der Waals surface area contributed by atoms with Crippen molar-refractivity contribution >= 4 is 23.3 Å². The molecule has 2 aromatic carbocycles. The van der Waals surface area contributed by atoms with E-state index in [2.05, 4.69) is 0 Å². The number of ketones is 2. The summed E-state index contributed by atoms with van der Waals surface area (Å²) in [4.78, 5) is 26.0.